The van der Waals surface area contributed by atoms with Crippen LogP contribution in [0.4, 0.5) is 0 Å². The lowest BCUT2D eigenvalue weighted by molar-refractivity contribution is -0.142. The Hall–Kier alpha value is -12.7. The monoisotopic (exact) mass is 1820 g/mol. The fraction of sp³-hybridized carbons (Fsp3) is 0.470. The Morgan fingerprint density at radius 2 is 0.727 bits per heavy atom. The van der Waals surface area contributed by atoms with Crippen molar-refractivity contribution in [2.45, 2.75) is 195 Å². The standard InChI is InChI=1S/C83H117N21O22S2/c1-44(92-71(113)45(2)91-66(110)39-89-65(109)37-86)70(112)90-40-67(111)93-62(42-127)80(122)95-54(28-16-18-30-84)72(114)99-60(36-64(87)108)77(119)97-56(32-48-20-8-5-9-21-48)74(116)96-57(33-49-22-10-6-11-23-49)75(117)98-59(35-51-38-88-53-27-15-14-26-52(51)53)76(118)94-55(29-17-19-31-85)73(115)103-68(46(3)106)81(123)100-58(34-50-24-12-7-13-25-50)78(120)104-69(47(4)107)82(124)101-61(41-105)79(121)102-63(43-128)83(125)126/h5-15,20-27,38,44-47,54-63,68-69,88,105-107,127-128H,16-19,28-37,39-43,84-86H2,1-4H3,(H2,87,108)(H,89,109)(H,90,112)(H,91,110)(H,92,113)(H,93,111)(H,94,118)(H,95,122)(H,96,116)(H,97,119)(H,98,117)(H,99,114)(H,100,123)(H,101,124)(H,102,121)(H,103,115)(H,104,120)(H,125,126). The highest BCUT2D eigenvalue weighted by atomic mass is 32.1. The lowest BCUT2D eigenvalue weighted by Gasteiger charge is -2.29. The number of carboxylic acid groups (broad SMARTS) is 1. The molecule has 128 heavy (non-hydrogen) atoms. The van der Waals surface area contributed by atoms with Crippen molar-refractivity contribution in [3.8, 4) is 0 Å². The minimum atomic E-state index is -1.93. The molecule has 0 aliphatic rings. The number of aromatic amines is 1. The SMILES string of the molecule is CC(NC(=O)CNC(=O)CN)C(=O)NC(C)C(=O)NCC(=O)NC(CS)C(=O)NC(CCCCN)C(=O)NC(CC(N)=O)C(=O)NC(Cc1ccccc1)C(=O)NC(Cc1ccccc1)C(=O)NC(Cc1c[nH]c2ccccc12)C(=O)NC(CCCCN)C(=O)NC(C(=O)NC(Cc1ccccc1)C(=O)NC(C(=O)NC(CO)C(=O)NC(CS)C(=O)O)C(C)O)C(C)O. The van der Waals surface area contributed by atoms with E-state index < -0.39 is 229 Å². The molecule has 16 atom stereocenters. The summed E-state index contributed by atoms with van der Waals surface area (Å²) in [4.78, 5) is 250. The molecule has 1 aromatic heterocycles. The van der Waals surface area contributed by atoms with Crippen LogP contribution in [0, 0.1) is 0 Å². The normalized spacial score (nSPS) is 14.8. The van der Waals surface area contributed by atoms with Crippen LogP contribution in [0.2, 0.25) is 0 Å². The Labute approximate surface area is 748 Å². The summed E-state index contributed by atoms with van der Waals surface area (Å²) in [5, 5.41) is 81.2. The molecule has 0 aliphatic heterocycles. The second-order valence-corrected chi connectivity index (χ2v) is 30.8. The Kier molecular flexibility index (Phi) is 45.5. The molecule has 5 rings (SSSR count). The molecule has 0 bridgehead atoms. The van der Waals surface area contributed by atoms with Gasteiger partial charge in [-0.15, -0.1) is 0 Å². The number of primary amides is 1. The molecule has 17 amide bonds. The Morgan fingerprint density at radius 1 is 0.367 bits per heavy atom. The molecule has 16 unspecified atom stereocenters. The van der Waals surface area contributed by atoms with Crippen molar-refractivity contribution in [1.82, 2.24) is 90.1 Å². The average molecular weight is 1830 g/mol. The van der Waals surface area contributed by atoms with Crippen LogP contribution in [0.3, 0.4) is 0 Å². The molecule has 0 spiro atoms. The number of aliphatic hydroxyl groups excluding tert-OH is 3. The molecular weight excluding hydrogens is 1710 g/mol. The highest BCUT2D eigenvalue weighted by Crippen LogP contribution is 2.21. The van der Waals surface area contributed by atoms with Gasteiger partial charge in [0, 0.05) is 54.3 Å². The maximum absolute atomic E-state index is 15.4. The van der Waals surface area contributed by atoms with Crippen LogP contribution in [-0.4, -0.2) is 279 Å². The van der Waals surface area contributed by atoms with Crippen LogP contribution in [0.1, 0.15) is 94.9 Å². The number of carboxylic acids is 1. The highest BCUT2D eigenvalue weighted by Gasteiger charge is 2.40. The van der Waals surface area contributed by atoms with Crippen LogP contribution in [0.25, 0.3) is 10.9 Å². The molecule has 0 saturated heterocycles. The molecule has 0 saturated carbocycles. The number of benzene rings is 4. The zero-order valence-corrected chi connectivity index (χ0v) is 72.8. The highest BCUT2D eigenvalue weighted by molar-refractivity contribution is 7.80. The Balaban J connectivity index is 1.42. The van der Waals surface area contributed by atoms with Gasteiger partial charge in [-0.1, -0.05) is 109 Å². The number of aromatic nitrogens is 1. The molecule has 0 radical (unpaired) electrons. The summed E-state index contributed by atoms with van der Waals surface area (Å²) in [6.45, 7) is 2.40. The Morgan fingerprint density at radius 3 is 1.16 bits per heavy atom. The van der Waals surface area contributed by atoms with E-state index in [-0.39, 0.29) is 88.9 Å². The molecule has 0 aliphatic carbocycles. The number of thiol groups is 2. The van der Waals surface area contributed by atoms with Gasteiger partial charge in [0.05, 0.1) is 44.9 Å². The zero-order valence-electron chi connectivity index (χ0n) is 71.1. The molecule has 45 heteroatoms. The number of hydrogen-bond acceptors (Lipinski definition) is 26. The molecular formula is C83H117N21O22S2. The van der Waals surface area contributed by atoms with E-state index in [4.69, 9.17) is 22.9 Å². The van der Waals surface area contributed by atoms with E-state index in [1.807, 2.05) is 0 Å². The number of nitrogens with one attached hydrogen (secondary N) is 17. The predicted molar refractivity (Wildman–Crippen MR) is 471 cm³/mol. The minimum absolute atomic E-state index is 0.109. The fourth-order valence-electron chi connectivity index (χ4n) is 12.7. The molecule has 0 fully saturated rings. The van der Waals surface area contributed by atoms with Gasteiger partial charge in [0.25, 0.3) is 0 Å². The van der Waals surface area contributed by atoms with E-state index in [2.05, 4.69) is 115 Å². The molecule has 29 N–H and O–H groups in total. The number of aliphatic hydroxyl groups is 3. The van der Waals surface area contributed by atoms with Gasteiger partial charge in [-0.25, -0.2) is 4.79 Å². The number of carbonyl (C=O) groups excluding carboxylic acids is 17. The molecule has 43 nitrogen and oxygen atoms in total. The van der Waals surface area contributed by atoms with Crippen molar-refractivity contribution in [3.05, 3.63) is 144 Å². The summed E-state index contributed by atoms with van der Waals surface area (Å²) >= 11 is 8.11. The predicted octanol–water partition coefficient (Wildman–Crippen LogP) is -7.71. The summed E-state index contributed by atoms with van der Waals surface area (Å²) in [5.41, 5.74) is 25.0. The number of fused-ring (bicyclic) bond motifs is 1. The van der Waals surface area contributed by atoms with Crippen molar-refractivity contribution in [1.29, 1.82) is 0 Å². The number of amides is 17. The lowest BCUT2D eigenvalue weighted by atomic mass is 10.00. The van der Waals surface area contributed by atoms with Crippen molar-refractivity contribution in [3.63, 3.8) is 0 Å². The van der Waals surface area contributed by atoms with E-state index in [0.29, 0.717) is 39.6 Å². The van der Waals surface area contributed by atoms with Gasteiger partial charge in [-0.2, -0.15) is 25.3 Å². The van der Waals surface area contributed by atoms with Gasteiger partial charge in [0.1, 0.15) is 84.6 Å². The van der Waals surface area contributed by atoms with E-state index in [0.717, 1.165) is 13.8 Å². The third-order valence-corrected chi connectivity index (χ3v) is 20.6. The van der Waals surface area contributed by atoms with Gasteiger partial charge < -0.3 is 133 Å². The maximum Gasteiger partial charge on any atom is 0.327 e. The first-order chi connectivity index (χ1) is 60.9. The van der Waals surface area contributed by atoms with Crippen molar-refractivity contribution in [2.24, 2.45) is 22.9 Å². The fourth-order valence-corrected chi connectivity index (χ4v) is 13.2. The first-order valence-electron chi connectivity index (χ1n) is 41.2. The van der Waals surface area contributed by atoms with Crippen molar-refractivity contribution < 1.29 is 107 Å². The van der Waals surface area contributed by atoms with E-state index in [9.17, 15) is 92.3 Å². The second kappa shape index (κ2) is 55.1. The summed E-state index contributed by atoms with van der Waals surface area (Å²) in [7, 11) is 0. The molecule has 5 aromatic rings. The molecule has 4 aromatic carbocycles. The smallest absolute Gasteiger partial charge is 0.327 e. The van der Waals surface area contributed by atoms with Crippen LogP contribution in [0.5, 0.6) is 0 Å². The van der Waals surface area contributed by atoms with Gasteiger partial charge in [-0.3, -0.25) is 81.5 Å². The summed E-state index contributed by atoms with van der Waals surface area (Å²) < 4.78 is 0. The van der Waals surface area contributed by atoms with Crippen LogP contribution >= 0.6 is 25.3 Å². The van der Waals surface area contributed by atoms with Crippen LogP contribution in [-0.2, 0) is 112 Å². The summed E-state index contributed by atoms with van der Waals surface area (Å²) in [6, 6.07) is 8.67. The number of hydrogen-bond donors (Lipinski definition) is 27. The largest absolute Gasteiger partial charge is 0.480 e. The molecule has 1 heterocycles. The zero-order chi connectivity index (χ0) is 94.7. The van der Waals surface area contributed by atoms with E-state index >= 15 is 14.4 Å². The number of rotatable bonds is 56. The van der Waals surface area contributed by atoms with Gasteiger partial charge in [0.15, 0.2) is 0 Å². The number of carbonyl (C=O) groups is 18. The van der Waals surface area contributed by atoms with E-state index in [1.165, 1.54) is 13.8 Å². The van der Waals surface area contributed by atoms with Crippen LogP contribution in [0.15, 0.2) is 121 Å². The van der Waals surface area contributed by atoms with Gasteiger partial charge >= 0.3 is 5.97 Å². The third-order valence-electron chi connectivity index (χ3n) is 19.8. The number of unbranched alkanes of at least 4 members (excludes halogenated alkanes) is 2. The van der Waals surface area contributed by atoms with Gasteiger partial charge in [-0.05, 0) is 108 Å². The number of para-hydroxylation sites is 1. The molecule has 698 valence electrons. The first-order valence-corrected chi connectivity index (χ1v) is 42.5. The third kappa shape index (κ3) is 36.0. The lowest BCUT2D eigenvalue weighted by Crippen LogP contribution is -2.63. The number of nitrogens with two attached hydrogens (primary N) is 4. The average Bonchev–Trinajstić information content (AvgIpc) is 1.60. The minimum Gasteiger partial charge on any atom is -0.480 e. The second-order valence-electron chi connectivity index (χ2n) is 30.1. The van der Waals surface area contributed by atoms with E-state index in [1.54, 1.807) is 121 Å². The maximum atomic E-state index is 15.4. The number of H-pyrrole nitrogens is 1. The first kappa shape index (κ1) is 106. The summed E-state index contributed by atoms with van der Waals surface area (Å²) in [6.07, 6.45) is -3.43. The Bertz CT molecular complexity index is 4600. The summed E-state index contributed by atoms with van der Waals surface area (Å²) in [5.74, 6) is -19.3. The topological polar surface area (TPSA) is 701 Å². The van der Waals surface area contributed by atoms with Crippen LogP contribution < -0.4 is 108 Å². The number of aliphatic carboxylic acids is 1. The van der Waals surface area contributed by atoms with Crippen molar-refractivity contribution >= 4 is 143 Å². The quantitative estimate of drug-likeness (QED) is 0.0127. The van der Waals surface area contributed by atoms with Crippen molar-refractivity contribution in [2.75, 3.05) is 50.8 Å². The van der Waals surface area contributed by atoms with Gasteiger partial charge in [0.2, 0.25) is 100 Å².